The van der Waals surface area contributed by atoms with Gasteiger partial charge in [-0.3, -0.25) is 0 Å². The maximum Gasteiger partial charge on any atom is 0.317 e. The fourth-order valence-corrected chi connectivity index (χ4v) is 3.22. The number of carbonyl (C=O) groups is 1. The van der Waals surface area contributed by atoms with Crippen LogP contribution in [-0.4, -0.2) is 57.1 Å². The third-order valence-electron chi connectivity index (χ3n) is 4.75. The van der Waals surface area contributed by atoms with Gasteiger partial charge in [0, 0.05) is 37.9 Å². The minimum absolute atomic E-state index is 0.104. The molecule has 2 heterocycles. The van der Waals surface area contributed by atoms with E-state index in [1.165, 1.54) is 12.1 Å². The molecule has 1 fully saturated rings. The van der Waals surface area contributed by atoms with Gasteiger partial charge < -0.3 is 29.3 Å². The summed E-state index contributed by atoms with van der Waals surface area (Å²) in [5, 5.41) is 2.87. The van der Waals surface area contributed by atoms with E-state index in [-0.39, 0.29) is 18.6 Å². The number of nitrogens with one attached hydrogen (secondary N) is 1. The van der Waals surface area contributed by atoms with Gasteiger partial charge in [-0.05, 0) is 36.4 Å². The van der Waals surface area contributed by atoms with E-state index in [2.05, 4.69) is 10.2 Å². The second kappa shape index (κ2) is 8.24. The highest BCUT2D eigenvalue weighted by Gasteiger charge is 2.21. The number of halogens is 1. The lowest BCUT2D eigenvalue weighted by atomic mass is 10.2. The number of piperazine rings is 1. The minimum atomic E-state index is -0.246. The smallest absolute Gasteiger partial charge is 0.317 e. The van der Waals surface area contributed by atoms with E-state index >= 15 is 0 Å². The van der Waals surface area contributed by atoms with E-state index in [9.17, 15) is 9.18 Å². The highest BCUT2D eigenvalue weighted by Crippen LogP contribution is 2.34. The number of rotatable bonds is 5. The van der Waals surface area contributed by atoms with Crippen molar-refractivity contribution in [2.75, 3.05) is 51.0 Å². The minimum Gasteiger partial charge on any atom is -0.492 e. The Morgan fingerprint density at radius 1 is 1.04 bits per heavy atom. The highest BCUT2D eigenvalue weighted by molar-refractivity contribution is 5.74. The molecule has 2 aromatic carbocycles. The summed E-state index contributed by atoms with van der Waals surface area (Å²) in [5.74, 6) is 1.80. The van der Waals surface area contributed by atoms with Crippen LogP contribution in [0.15, 0.2) is 42.5 Å². The number of hydrogen-bond donors (Lipinski definition) is 1. The number of anilines is 1. The van der Waals surface area contributed by atoms with Crippen LogP contribution in [0.2, 0.25) is 0 Å². The zero-order chi connectivity index (χ0) is 19.3. The molecule has 2 aliphatic heterocycles. The number of hydrogen-bond acceptors (Lipinski definition) is 5. The summed E-state index contributed by atoms with van der Waals surface area (Å²) in [4.78, 5) is 16.2. The quantitative estimate of drug-likeness (QED) is 0.799. The lowest BCUT2D eigenvalue weighted by Crippen LogP contribution is -2.52. The zero-order valence-electron chi connectivity index (χ0n) is 15.4. The largest absolute Gasteiger partial charge is 0.492 e. The summed E-state index contributed by atoms with van der Waals surface area (Å²) in [5.41, 5.74) is 0.971. The van der Waals surface area contributed by atoms with Gasteiger partial charge in [0.25, 0.3) is 0 Å². The van der Waals surface area contributed by atoms with Gasteiger partial charge >= 0.3 is 6.03 Å². The lowest BCUT2D eigenvalue weighted by molar-refractivity contribution is 0.173. The van der Waals surface area contributed by atoms with Crippen LogP contribution in [0.1, 0.15) is 0 Å². The van der Waals surface area contributed by atoms with Crippen LogP contribution < -0.4 is 24.4 Å². The molecular weight excluding hydrogens is 365 g/mol. The van der Waals surface area contributed by atoms with Crippen molar-refractivity contribution in [2.24, 2.45) is 0 Å². The Labute approximate surface area is 162 Å². The molecule has 0 unspecified atom stereocenters. The monoisotopic (exact) mass is 387 g/mol. The van der Waals surface area contributed by atoms with Crippen LogP contribution in [0.3, 0.4) is 0 Å². The first-order valence-electron chi connectivity index (χ1n) is 9.25. The molecule has 7 nitrogen and oxygen atoms in total. The van der Waals surface area contributed by atoms with E-state index in [1.54, 1.807) is 29.2 Å². The fraction of sp³-hybridized carbons (Fsp3) is 0.350. The van der Waals surface area contributed by atoms with Gasteiger partial charge in [-0.2, -0.15) is 0 Å². The van der Waals surface area contributed by atoms with Gasteiger partial charge in [-0.1, -0.05) is 0 Å². The average molecular weight is 387 g/mol. The second-order valence-electron chi connectivity index (χ2n) is 6.55. The van der Waals surface area contributed by atoms with Crippen LogP contribution in [0, 0.1) is 5.82 Å². The SMILES string of the molecule is O=C(NCCOc1ccc2c(c1)OCO2)N1CCN(c2ccc(F)cc2)CC1. The molecule has 8 heteroatoms. The third kappa shape index (κ3) is 4.21. The molecule has 1 N–H and O–H groups in total. The van der Waals surface area contributed by atoms with E-state index in [0.717, 1.165) is 5.69 Å². The molecule has 2 amide bonds. The predicted molar refractivity (Wildman–Crippen MR) is 102 cm³/mol. The first-order valence-corrected chi connectivity index (χ1v) is 9.25. The summed E-state index contributed by atoms with van der Waals surface area (Å²) in [6, 6.07) is 11.7. The molecule has 28 heavy (non-hydrogen) atoms. The second-order valence-corrected chi connectivity index (χ2v) is 6.55. The Balaban J connectivity index is 1.17. The standard InChI is InChI=1S/C20H22FN3O4/c21-15-1-3-16(4-2-15)23-8-10-24(11-9-23)20(25)22-7-12-26-17-5-6-18-19(13-17)28-14-27-18/h1-6,13H,7-12,14H2,(H,22,25). The van der Waals surface area contributed by atoms with Crippen LogP contribution >= 0.6 is 0 Å². The Hall–Kier alpha value is -3.16. The zero-order valence-corrected chi connectivity index (χ0v) is 15.4. The van der Waals surface area contributed by atoms with Crippen molar-refractivity contribution in [1.82, 2.24) is 10.2 Å². The molecule has 0 spiro atoms. The molecule has 2 aromatic rings. The Kier molecular flexibility index (Phi) is 5.36. The number of nitrogens with zero attached hydrogens (tertiary/aromatic N) is 2. The van der Waals surface area contributed by atoms with Gasteiger partial charge in [0.05, 0.1) is 6.54 Å². The maximum absolute atomic E-state index is 13.0. The number of urea groups is 1. The van der Waals surface area contributed by atoms with Crippen molar-refractivity contribution >= 4 is 11.7 Å². The lowest BCUT2D eigenvalue weighted by Gasteiger charge is -2.36. The van der Waals surface area contributed by atoms with E-state index in [1.807, 2.05) is 6.07 Å². The Morgan fingerprint density at radius 2 is 1.79 bits per heavy atom. The molecule has 0 atom stereocenters. The van der Waals surface area contributed by atoms with Crippen molar-refractivity contribution in [3.8, 4) is 17.2 Å². The van der Waals surface area contributed by atoms with Gasteiger partial charge in [-0.15, -0.1) is 0 Å². The van der Waals surface area contributed by atoms with Gasteiger partial charge in [0.1, 0.15) is 18.2 Å². The third-order valence-corrected chi connectivity index (χ3v) is 4.75. The molecular formula is C20H22FN3O4. The molecule has 0 aliphatic carbocycles. The summed E-state index contributed by atoms with van der Waals surface area (Å²) in [7, 11) is 0. The normalized spacial score (nSPS) is 15.5. The molecule has 0 aromatic heterocycles. The first kappa shape index (κ1) is 18.2. The Morgan fingerprint density at radius 3 is 2.57 bits per heavy atom. The van der Waals surface area contributed by atoms with Crippen LogP contribution in [0.4, 0.5) is 14.9 Å². The predicted octanol–water partition coefficient (Wildman–Crippen LogP) is 2.47. The summed E-state index contributed by atoms with van der Waals surface area (Å²) >= 11 is 0. The van der Waals surface area contributed by atoms with Gasteiger partial charge in [0.15, 0.2) is 11.5 Å². The molecule has 1 saturated heterocycles. The number of fused-ring (bicyclic) bond motifs is 1. The molecule has 0 saturated carbocycles. The highest BCUT2D eigenvalue weighted by atomic mass is 19.1. The van der Waals surface area contributed by atoms with Crippen molar-refractivity contribution in [3.05, 3.63) is 48.3 Å². The van der Waals surface area contributed by atoms with E-state index in [0.29, 0.717) is 56.6 Å². The molecule has 2 aliphatic rings. The van der Waals surface area contributed by atoms with Crippen molar-refractivity contribution in [1.29, 1.82) is 0 Å². The van der Waals surface area contributed by atoms with Crippen molar-refractivity contribution in [2.45, 2.75) is 0 Å². The van der Waals surface area contributed by atoms with Gasteiger partial charge in [-0.25, -0.2) is 9.18 Å². The van der Waals surface area contributed by atoms with Crippen LogP contribution in [-0.2, 0) is 0 Å². The Bertz CT molecular complexity index is 823. The van der Waals surface area contributed by atoms with Crippen molar-refractivity contribution < 1.29 is 23.4 Å². The van der Waals surface area contributed by atoms with Crippen molar-refractivity contribution in [3.63, 3.8) is 0 Å². The molecule has 4 rings (SSSR count). The summed E-state index contributed by atoms with van der Waals surface area (Å²) in [6.45, 7) is 3.66. The average Bonchev–Trinajstić information content (AvgIpc) is 3.20. The number of ether oxygens (including phenoxy) is 3. The fourth-order valence-electron chi connectivity index (χ4n) is 3.22. The first-order chi connectivity index (χ1) is 13.7. The van der Waals surface area contributed by atoms with Crippen LogP contribution in [0.5, 0.6) is 17.2 Å². The number of amides is 2. The molecule has 0 radical (unpaired) electrons. The molecule has 148 valence electrons. The summed E-state index contributed by atoms with van der Waals surface area (Å²) in [6.07, 6.45) is 0. The number of benzene rings is 2. The van der Waals surface area contributed by atoms with Gasteiger partial charge in [0.2, 0.25) is 6.79 Å². The van der Waals surface area contributed by atoms with E-state index in [4.69, 9.17) is 14.2 Å². The van der Waals surface area contributed by atoms with Crippen LogP contribution in [0.25, 0.3) is 0 Å². The van der Waals surface area contributed by atoms with E-state index < -0.39 is 0 Å². The molecule has 0 bridgehead atoms. The number of carbonyl (C=O) groups excluding carboxylic acids is 1. The topological polar surface area (TPSA) is 63.3 Å². The maximum atomic E-state index is 13.0. The summed E-state index contributed by atoms with van der Waals surface area (Å²) < 4.78 is 29.2.